The molecule has 0 saturated heterocycles. The fourth-order valence-corrected chi connectivity index (χ4v) is 3.11. The lowest BCUT2D eigenvalue weighted by Gasteiger charge is -2.20. The van der Waals surface area contributed by atoms with Gasteiger partial charge in [-0.15, -0.1) is 0 Å². The molecule has 3 rings (SSSR count). The van der Waals surface area contributed by atoms with Crippen LogP contribution in [0.4, 0.5) is 0 Å². The lowest BCUT2D eigenvalue weighted by molar-refractivity contribution is 0.479. The Balaban J connectivity index is 1.98. The van der Waals surface area contributed by atoms with E-state index < -0.39 is 0 Å². The van der Waals surface area contributed by atoms with Crippen LogP contribution >= 0.6 is 0 Å². The van der Waals surface area contributed by atoms with Gasteiger partial charge in [-0.05, 0) is 46.9 Å². The molecule has 25 heavy (non-hydrogen) atoms. The van der Waals surface area contributed by atoms with Gasteiger partial charge in [0.2, 0.25) is 0 Å². The van der Waals surface area contributed by atoms with Crippen LogP contribution in [0.5, 0.6) is 11.5 Å². The minimum absolute atomic E-state index is 0.157. The van der Waals surface area contributed by atoms with Gasteiger partial charge in [0.05, 0.1) is 0 Å². The fourth-order valence-electron chi connectivity index (χ4n) is 3.11. The summed E-state index contributed by atoms with van der Waals surface area (Å²) in [5, 5.41) is 2.42. The van der Waals surface area contributed by atoms with Crippen molar-refractivity contribution in [2.24, 2.45) is 0 Å². The Morgan fingerprint density at radius 2 is 1.56 bits per heavy atom. The first-order valence-corrected chi connectivity index (χ1v) is 9.28. The van der Waals surface area contributed by atoms with Crippen LogP contribution in [0.15, 0.2) is 60.7 Å². The predicted molar refractivity (Wildman–Crippen MR) is 108 cm³/mol. The van der Waals surface area contributed by atoms with Crippen LogP contribution < -0.4 is 4.74 Å². The number of unbranched alkanes of at least 4 members (excludes halogenated alkanes) is 1. The second-order valence-corrected chi connectivity index (χ2v) is 7.75. The van der Waals surface area contributed by atoms with Crippen LogP contribution in [0.1, 0.15) is 51.7 Å². The van der Waals surface area contributed by atoms with Crippen LogP contribution in [-0.2, 0) is 11.8 Å². The molecule has 0 saturated carbocycles. The quantitative estimate of drug-likeness (QED) is 0.477. The standard InChI is InChI=1S/C24H28O/c1-5-6-9-19-13-12-18-10-7-8-11-22(18)23(19)25-21-16-14-20(15-17-21)24(2,3)4/h7-8,10-17H,5-6,9H2,1-4H3. The topological polar surface area (TPSA) is 9.23 Å². The number of hydrogen-bond donors (Lipinski definition) is 0. The highest BCUT2D eigenvalue weighted by molar-refractivity contribution is 5.89. The summed E-state index contributed by atoms with van der Waals surface area (Å²) in [6.07, 6.45) is 3.42. The number of benzene rings is 3. The van der Waals surface area contributed by atoms with E-state index in [1.54, 1.807) is 0 Å². The van der Waals surface area contributed by atoms with Crippen molar-refractivity contribution in [3.05, 3.63) is 71.8 Å². The molecule has 0 amide bonds. The highest BCUT2D eigenvalue weighted by atomic mass is 16.5. The molecule has 3 aromatic carbocycles. The highest BCUT2D eigenvalue weighted by Gasteiger charge is 2.14. The minimum Gasteiger partial charge on any atom is -0.456 e. The van der Waals surface area contributed by atoms with E-state index in [0.29, 0.717) is 0 Å². The van der Waals surface area contributed by atoms with Gasteiger partial charge < -0.3 is 4.74 Å². The molecular weight excluding hydrogens is 304 g/mol. The lowest BCUT2D eigenvalue weighted by Crippen LogP contribution is -2.10. The zero-order valence-corrected chi connectivity index (χ0v) is 15.8. The third kappa shape index (κ3) is 4.04. The minimum atomic E-state index is 0.157. The van der Waals surface area contributed by atoms with Crippen molar-refractivity contribution >= 4 is 10.8 Å². The van der Waals surface area contributed by atoms with Gasteiger partial charge >= 0.3 is 0 Å². The Morgan fingerprint density at radius 3 is 2.24 bits per heavy atom. The highest BCUT2D eigenvalue weighted by Crippen LogP contribution is 2.35. The van der Waals surface area contributed by atoms with Crippen LogP contribution in [0, 0.1) is 0 Å². The van der Waals surface area contributed by atoms with Crippen LogP contribution in [0.2, 0.25) is 0 Å². The molecular formula is C24H28O. The molecule has 3 aromatic rings. The van der Waals surface area contributed by atoms with Crippen LogP contribution in [0.25, 0.3) is 10.8 Å². The van der Waals surface area contributed by atoms with Crippen molar-refractivity contribution in [2.75, 3.05) is 0 Å². The zero-order valence-electron chi connectivity index (χ0n) is 15.8. The molecule has 0 radical (unpaired) electrons. The summed E-state index contributed by atoms with van der Waals surface area (Å²) in [6.45, 7) is 8.93. The van der Waals surface area contributed by atoms with Crippen molar-refractivity contribution in [1.29, 1.82) is 0 Å². The van der Waals surface area contributed by atoms with Gasteiger partial charge in [-0.25, -0.2) is 0 Å². The molecule has 1 heteroatoms. The average Bonchev–Trinajstić information content (AvgIpc) is 2.61. The normalized spacial score (nSPS) is 11.7. The molecule has 0 fully saturated rings. The van der Waals surface area contributed by atoms with E-state index >= 15 is 0 Å². The zero-order chi connectivity index (χ0) is 17.9. The molecule has 0 spiro atoms. The van der Waals surface area contributed by atoms with Gasteiger partial charge in [-0.3, -0.25) is 0 Å². The molecule has 0 aromatic heterocycles. The van der Waals surface area contributed by atoms with Gasteiger partial charge in [0.15, 0.2) is 0 Å². The third-order valence-corrected chi connectivity index (χ3v) is 4.70. The number of aryl methyl sites for hydroxylation is 1. The summed E-state index contributed by atoms with van der Waals surface area (Å²) in [7, 11) is 0. The Morgan fingerprint density at radius 1 is 0.840 bits per heavy atom. The summed E-state index contributed by atoms with van der Waals surface area (Å²) >= 11 is 0. The van der Waals surface area contributed by atoms with Crippen molar-refractivity contribution in [3.63, 3.8) is 0 Å². The first kappa shape index (κ1) is 17.5. The largest absolute Gasteiger partial charge is 0.456 e. The Labute approximate surface area is 151 Å². The van der Waals surface area contributed by atoms with Crippen molar-refractivity contribution in [3.8, 4) is 11.5 Å². The monoisotopic (exact) mass is 332 g/mol. The second kappa shape index (κ2) is 7.31. The van der Waals surface area contributed by atoms with Gasteiger partial charge in [0, 0.05) is 5.39 Å². The second-order valence-electron chi connectivity index (χ2n) is 7.75. The van der Waals surface area contributed by atoms with Crippen LogP contribution in [-0.4, -0.2) is 0 Å². The lowest BCUT2D eigenvalue weighted by atomic mass is 9.87. The van der Waals surface area contributed by atoms with E-state index in [0.717, 1.165) is 17.9 Å². The SMILES string of the molecule is CCCCc1ccc2ccccc2c1Oc1ccc(C(C)(C)C)cc1. The Bertz CT molecular complexity index is 838. The van der Waals surface area contributed by atoms with E-state index in [-0.39, 0.29) is 5.41 Å². The van der Waals surface area contributed by atoms with Gasteiger partial charge in [-0.2, -0.15) is 0 Å². The summed E-state index contributed by atoms with van der Waals surface area (Å²) in [6, 6.07) is 21.4. The van der Waals surface area contributed by atoms with E-state index in [1.807, 2.05) is 0 Å². The molecule has 130 valence electrons. The van der Waals surface area contributed by atoms with Gasteiger partial charge in [-0.1, -0.05) is 82.6 Å². The fraction of sp³-hybridized carbons (Fsp3) is 0.333. The van der Waals surface area contributed by atoms with Gasteiger partial charge in [0.1, 0.15) is 11.5 Å². The maximum absolute atomic E-state index is 6.39. The van der Waals surface area contributed by atoms with E-state index in [4.69, 9.17) is 4.74 Å². The maximum atomic E-state index is 6.39. The number of ether oxygens (including phenoxy) is 1. The molecule has 0 aliphatic heterocycles. The first-order valence-electron chi connectivity index (χ1n) is 9.28. The maximum Gasteiger partial charge on any atom is 0.138 e. The number of fused-ring (bicyclic) bond motifs is 1. The molecule has 0 aliphatic rings. The predicted octanol–water partition coefficient (Wildman–Crippen LogP) is 7.27. The van der Waals surface area contributed by atoms with Crippen molar-refractivity contribution < 1.29 is 4.74 Å². The smallest absolute Gasteiger partial charge is 0.138 e. The van der Waals surface area contributed by atoms with Gasteiger partial charge in [0.25, 0.3) is 0 Å². The van der Waals surface area contributed by atoms with Crippen molar-refractivity contribution in [1.82, 2.24) is 0 Å². The Hall–Kier alpha value is -2.28. The van der Waals surface area contributed by atoms with Crippen molar-refractivity contribution in [2.45, 2.75) is 52.4 Å². The summed E-state index contributed by atoms with van der Waals surface area (Å²) < 4.78 is 6.39. The molecule has 0 bridgehead atoms. The van der Waals surface area contributed by atoms with E-state index in [9.17, 15) is 0 Å². The molecule has 0 unspecified atom stereocenters. The van der Waals surface area contributed by atoms with E-state index in [1.165, 1.54) is 34.7 Å². The molecule has 0 aliphatic carbocycles. The molecule has 0 N–H and O–H groups in total. The molecule has 1 nitrogen and oxygen atoms in total. The third-order valence-electron chi connectivity index (χ3n) is 4.70. The summed E-state index contributed by atoms with van der Waals surface area (Å²) in [4.78, 5) is 0. The first-order chi connectivity index (χ1) is 12.0. The summed E-state index contributed by atoms with van der Waals surface area (Å²) in [5.41, 5.74) is 2.77. The average molecular weight is 332 g/mol. The number of hydrogen-bond acceptors (Lipinski definition) is 1. The summed E-state index contributed by atoms with van der Waals surface area (Å²) in [5.74, 6) is 1.91. The van der Waals surface area contributed by atoms with E-state index in [2.05, 4.69) is 88.4 Å². The van der Waals surface area contributed by atoms with Crippen LogP contribution in [0.3, 0.4) is 0 Å². The molecule has 0 atom stereocenters. The Kier molecular flexibility index (Phi) is 5.13. The number of rotatable bonds is 5. The molecule has 0 heterocycles.